The molecule has 1 saturated carbocycles. The average molecular weight is 269 g/mol. The molecule has 1 fully saturated rings. The van der Waals surface area contributed by atoms with E-state index in [-0.39, 0.29) is 5.97 Å². The molecule has 0 spiro atoms. The van der Waals surface area contributed by atoms with Gasteiger partial charge in [-0.2, -0.15) is 0 Å². The van der Waals surface area contributed by atoms with E-state index in [1.807, 2.05) is 0 Å². The summed E-state index contributed by atoms with van der Waals surface area (Å²) in [6.07, 6.45) is 5.99. The van der Waals surface area contributed by atoms with Crippen molar-refractivity contribution in [1.29, 1.82) is 0 Å². The molecule has 2 N–H and O–H groups in total. The van der Waals surface area contributed by atoms with Gasteiger partial charge in [0, 0.05) is 26.1 Å². The van der Waals surface area contributed by atoms with Crippen LogP contribution < -0.4 is 10.6 Å². The highest BCUT2D eigenvalue weighted by Gasteiger charge is 2.32. The lowest BCUT2D eigenvalue weighted by molar-refractivity contribution is -0.140. The summed E-state index contributed by atoms with van der Waals surface area (Å²) in [5.74, 6) is 1.57. The van der Waals surface area contributed by atoms with Crippen LogP contribution in [-0.2, 0) is 9.53 Å². The van der Waals surface area contributed by atoms with Crippen LogP contribution in [0.3, 0.4) is 0 Å². The monoisotopic (exact) mass is 269 g/mol. The lowest BCUT2D eigenvalue weighted by atomic mass is 10.1. The molecule has 0 heterocycles. The minimum atomic E-state index is -0.110. The van der Waals surface area contributed by atoms with Crippen LogP contribution >= 0.6 is 0 Å². The van der Waals surface area contributed by atoms with Crippen LogP contribution in [0.1, 0.15) is 45.4 Å². The second kappa shape index (κ2) is 8.77. The fourth-order valence-electron chi connectivity index (χ4n) is 1.95. The van der Waals surface area contributed by atoms with Crippen molar-refractivity contribution in [2.45, 2.75) is 51.5 Å². The number of hydrogen-bond acceptors (Lipinski definition) is 3. The van der Waals surface area contributed by atoms with Gasteiger partial charge in [-0.15, -0.1) is 0 Å². The van der Waals surface area contributed by atoms with Crippen LogP contribution in [0.2, 0.25) is 0 Å². The molecule has 0 aromatic heterocycles. The summed E-state index contributed by atoms with van der Waals surface area (Å²) in [6, 6.07) is 0.603. The van der Waals surface area contributed by atoms with E-state index in [0.29, 0.717) is 12.5 Å². The predicted octanol–water partition coefficient (Wildman–Crippen LogP) is 1.68. The van der Waals surface area contributed by atoms with E-state index in [1.54, 1.807) is 7.05 Å². The fourth-order valence-corrected chi connectivity index (χ4v) is 1.95. The molecule has 2 atom stereocenters. The number of nitrogens with one attached hydrogen (secondary N) is 2. The van der Waals surface area contributed by atoms with E-state index in [0.717, 1.165) is 44.1 Å². The SMILES string of the molecule is CN=C(NCCCCCCC(=O)OC)NC1CC1C. The number of aliphatic imine (C=N–C) groups is 1. The quantitative estimate of drug-likeness (QED) is 0.305. The lowest BCUT2D eigenvalue weighted by Gasteiger charge is -2.11. The number of carbonyl (C=O) groups excluding carboxylic acids is 1. The van der Waals surface area contributed by atoms with Gasteiger partial charge in [0.25, 0.3) is 0 Å². The zero-order chi connectivity index (χ0) is 14.1. The number of ether oxygens (including phenoxy) is 1. The molecule has 0 amide bonds. The van der Waals surface area contributed by atoms with Crippen molar-refractivity contribution in [2.24, 2.45) is 10.9 Å². The highest BCUT2D eigenvalue weighted by Crippen LogP contribution is 2.28. The Kier molecular flexibility index (Phi) is 7.30. The Labute approximate surface area is 116 Å². The summed E-state index contributed by atoms with van der Waals surface area (Å²) in [4.78, 5) is 15.1. The van der Waals surface area contributed by atoms with Crippen molar-refractivity contribution in [3.05, 3.63) is 0 Å². The topological polar surface area (TPSA) is 62.7 Å². The standard InChI is InChI=1S/C14H27N3O2/c1-11-10-12(11)17-14(15-2)16-9-7-5-4-6-8-13(18)19-3/h11-12H,4-10H2,1-3H3,(H2,15,16,17). The molecule has 5 heteroatoms. The van der Waals surface area contributed by atoms with Gasteiger partial charge >= 0.3 is 5.97 Å². The van der Waals surface area contributed by atoms with Gasteiger partial charge in [0.05, 0.1) is 7.11 Å². The zero-order valence-corrected chi connectivity index (χ0v) is 12.4. The third-order valence-electron chi connectivity index (χ3n) is 3.48. The van der Waals surface area contributed by atoms with Crippen LogP contribution in [0.15, 0.2) is 4.99 Å². The third kappa shape index (κ3) is 7.03. The van der Waals surface area contributed by atoms with Gasteiger partial charge in [0.15, 0.2) is 5.96 Å². The molecule has 2 unspecified atom stereocenters. The highest BCUT2D eigenvalue weighted by atomic mass is 16.5. The maximum atomic E-state index is 10.9. The summed E-state index contributed by atoms with van der Waals surface area (Å²) < 4.78 is 4.60. The summed E-state index contributed by atoms with van der Waals surface area (Å²) in [5, 5.41) is 6.71. The fraction of sp³-hybridized carbons (Fsp3) is 0.857. The van der Waals surface area contributed by atoms with Crippen molar-refractivity contribution in [1.82, 2.24) is 10.6 Å². The Morgan fingerprint density at radius 2 is 2.00 bits per heavy atom. The van der Waals surface area contributed by atoms with E-state index in [1.165, 1.54) is 13.5 Å². The number of rotatable bonds is 8. The summed E-state index contributed by atoms with van der Waals surface area (Å²) in [5.41, 5.74) is 0. The molecule has 1 aliphatic rings. The minimum Gasteiger partial charge on any atom is -0.469 e. The largest absolute Gasteiger partial charge is 0.469 e. The molecule has 0 radical (unpaired) electrons. The first kappa shape index (κ1) is 15.8. The number of hydrogen-bond donors (Lipinski definition) is 2. The summed E-state index contributed by atoms with van der Waals surface area (Å²) in [6.45, 7) is 3.17. The summed E-state index contributed by atoms with van der Waals surface area (Å²) in [7, 11) is 3.24. The molecule has 19 heavy (non-hydrogen) atoms. The van der Waals surface area contributed by atoms with Crippen LogP contribution in [0.5, 0.6) is 0 Å². The van der Waals surface area contributed by atoms with E-state index in [2.05, 4.69) is 27.3 Å². The van der Waals surface area contributed by atoms with E-state index in [4.69, 9.17) is 0 Å². The van der Waals surface area contributed by atoms with Gasteiger partial charge in [-0.05, 0) is 25.2 Å². The highest BCUT2D eigenvalue weighted by molar-refractivity contribution is 5.80. The Balaban J connectivity index is 1.93. The first-order chi connectivity index (χ1) is 9.17. The molecule has 0 bridgehead atoms. The maximum absolute atomic E-state index is 10.9. The molecule has 110 valence electrons. The van der Waals surface area contributed by atoms with Crippen molar-refractivity contribution in [3.8, 4) is 0 Å². The molecule has 1 aliphatic carbocycles. The van der Waals surface area contributed by atoms with Crippen molar-refractivity contribution < 1.29 is 9.53 Å². The van der Waals surface area contributed by atoms with E-state index in [9.17, 15) is 4.79 Å². The van der Waals surface area contributed by atoms with Gasteiger partial charge in [-0.1, -0.05) is 19.8 Å². The molecule has 0 saturated heterocycles. The Morgan fingerprint density at radius 1 is 1.32 bits per heavy atom. The third-order valence-corrected chi connectivity index (χ3v) is 3.48. The summed E-state index contributed by atoms with van der Waals surface area (Å²) >= 11 is 0. The van der Waals surface area contributed by atoms with Crippen LogP contribution in [0.25, 0.3) is 0 Å². The van der Waals surface area contributed by atoms with Gasteiger partial charge in [0.2, 0.25) is 0 Å². The minimum absolute atomic E-state index is 0.110. The molecule has 1 rings (SSSR count). The number of methoxy groups -OCH3 is 1. The first-order valence-electron chi connectivity index (χ1n) is 7.21. The van der Waals surface area contributed by atoms with Gasteiger partial charge in [-0.3, -0.25) is 9.79 Å². The predicted molar refractivity (Wildman–Crippen MR) is 77.2 cm³/mol. The number of esters is 1. The molecular formula is C14H27N3O2. The lowest BCUT2D eigenvalue weighted by Crippen LogP contribution is -2.39. The number of nitrogens with zero attached hydrogens (tertiary/aromatic N) is 1. The maximum Gasteiger partial charge on any atom is 0.305 e. The molecular weight excluding hydrogens is 242 g/mol. The number of guanidine groups is 1. The Bertz CT molecular complexity index is 305. The first-order valence-corrected chi connectivity index (χ1v) is 7.21. The van der Waals surface area contributed by atoms with Crippen LogP contribution in [0.4, 0.5) is 0 Å². The number of unbranched alkanes of at least 4 members (excludes halogenated alkanes) is 3. The average Bonchev–Trinajstić information content (AvgIpc) is 3.11. The Hall–Kier alpha value is -1.26. The van der Waals surface area contributed by atoms with Crippen LogP contribution in [-0.4, -0.2) is 38.7 Å². The van der Waals surface area contributed by atoms with E-state index >= 15 is 0 Å². The normalized spacial score (nSPS) is 21.9. The molecule has 5 nitrogen and oxygen atoms in total. The van der Waals surface area contributed by atoms with Crippen molar-refractivity contribution in [3.63, 3.8) is 0 Å². The molecule has 0 aromatic carbocycles. The van der Waals surface area contributed by atoms with Gasteiger partial charge < -0.3 is 15.4 Å². The second-order valence-corrected chi connectivity index (χ2v) is 5.20. The van der Waals surface area contributed by atoms with Gasteiger partial charge in [0.1, 0.15) is 0 Å². The van der Waals surface area contributed by atoms with Crippen molar-refractivity contribution in [2.75, 3.05) is 20.7 Å². The van der Waals surface area contributed by atoms with Gasteiger partial charge in [-0.25, -0.2) is 0 Å². The smallest absolute Gasteiger partial charge is 0.305 e. The van der Waals surface area contributed by atoms with Crippen molar-refractivity contribution >= 4 is 11.9 Å². The molecule has 0 aromatic rings. The number of carbonyl (C=O) groups is 1. The Morgan fingerprint density at radius 3 is 2.58 bits per heavy atom. The van der Waals surface area contributed by atoms with E-state index < -0.39 is 0 Å². The zero-order valence-electron chi connectivity index (χ0n) is 12.4. The second-order valence-electron chi connectivity index (χ2n) is 5.20. The van der Waals surface area contributed by atoms with Crippen LogP contribution in [0, 0.1) is 5.92 Å². The molecule has 0 aliphatic heterocycles.